The standard InChI is InChI=1S/C24H30N4O.HI/c1-25-24(27-15-13-22(16-27)19-8-3-2-4-9-19)26-14-7-12-23(29)28-17-20-10-5-6-11-21(20)18-28;/h2-6,8-11,22H,7,12-18H2,1H3,(H,25,26);1H. The molecule has 2 aromatic carbocycles. The number of amides is 1. The number of halogens is 1. The number of carbonyl (C=O) groups is 1. The lowest BCUT2D eigenvalue weighted by Gasteiger charge is -2.22. The number of aliphatic imine (C=N–C) groups is 1. The van der Waals surface area contributed by atoms with Crippen LogP contribution in [0.3, 0.4) is 0 Å². The Hall–Kier alpha value is -2.09. The maximum absolute atomic E-state index is 12.5. The summed E-state index contributed by atoms with van der Waals surface area (Å²) in [7, 11) is 1.84. The second kappa shape index (κ2) is 10.8. The molecule has 0 radical (unpaired) electrons. The molecular formula is C24H31IN4O. The number of nitrogens with zero attached hydrogens (tertiary/aromatic N) is 3. The Morgan fingerprint density at radius 2 is 1.70 bits per heavy atom. The van der Waals surface area contributed by atoms with Gasteiger partial charge in [-0.1, -0.05) is 54.6 Å². The molecule has 2 aliphatic rings. The number of fused-ring (bicyclic) bond motifs is 1. The molecular weight excluding hydrogens is 487 g/mol. The van der Waals surface area contributed by atoms with Gasteiger partial charge in [0.1, 0.15) is 0 Å². The van der Waals surface area contributed by atoms with Crippen LogP contribution in [0.1, 0.15) is 41.9 Å². The van der Waals surface area contributed by atoms with Crippen molar-refractivity contribution in [3.05, 3.63) is 71.3 Å². The lowest BCUT2D eigenvalue weighted by molar-refractivity contribution is -0.131. The number of benzene rings is 2. The van der Waals surface area contributed by atoms with Crippen LogP contribution >= 0.6 is 24.0 Å². The molecule has 1 amide bonds. The summed E-state index contributed by atoms with van der Waals surface area (Å²) < 4.78 is 0. The summed E-state index contributed by atoms with van der Waals surface area (Å²) in [5.41, 5.74) is 3.96. The maximum atomic E-state index is 12.5. The number of rotatable bonds is 5. The van der Waals surface area contributed by atoms with E-state index in [0.29, 0.717) is 12.3 Å². The summed E-state index contributed by atoms with van der Waals surface area (Å²) in [5, 5.41) is 3.45. The van der Waals surface area contributed by atoms with Crippen molar-refractivity contribution in [2.24, 2.45) is 4.99 Å². The van der Waals surface area contributed by atoms with Gasteiger partial charge in [-0.3, -0.25) is 9.79 Å². The molecule has 160 valence electrons. The predicted octanol–water partition coefficient (Wildman–Crippen LogP) is 3.99. The minimum Gasteiger partial charge on any atom is -0.356 e. The van der Waals surface area contributed by atoms with Gasteiger partial charge in [-0.05, 0) is 29.5 Å². The van der Waals surface area contributed by atoms with Crippen LogP contribution in [0.15, 0.2) is 59.6 Å². The molecule has 0 aromatic heterocycles. The first-order chi connectivity index (χ1) is 14.2. The monoisotopic (exact) mass is 518 g/mol. The van der Waals surface area contributed by atoms with Crippen LogP contribution in [0.25, 0.3) is 0 Å². The van der Waals surface area contributed by atoms with E-state index in [1.54, 1.807) is 0 Å². The average Bonchev–Trinajstić information content (AvgIpc) is 3.42. The number of carbonyl (C=O) groups excluding carboxylic acids is 1. The first-order valence-electron chi connectivity index (χ1n) is 10.6. The first-order valence-corrected chi connectivity index (χ1v) is 10.6. The average molecular weight is 518 g/mol. The molecule has 1 fully saturated rings. The third kappa shape index (κ3) is 5.33. The van der Waals surface area contributed by atoms with Gasteiger partial charge in [0.2, 0.25) is 5.91 Å². The Labute approximate surface area is 196 Å². The Bertz CT molecular complexity index is 846. The van der Waals surface area contributed by atoms with E-state index in [2.05, 4.69) is 57.7 Å². The Morgan fingerprint density at radius 3 is 2.37 bits per heavy atom. The van der Waals surface area contributed by atoms with Crippen molar-refractivity contribution in [2.75, 3.05) is 26.7 Å². The van der Waals surface area contributed by atoms with Crippen LogP contribution in [0.5, 0.6) is 0 Å². The van der Waals surface area contributed by atoms with E-state index in [1.807, 2.05) is 24.1 Å². The van der Waals surface area contributed by atoms with Crippen LogP contribution in [0.4, 0.5) is 0 Å². The molecule has 0 bridgehead atoms. The zero-order valence-electron chi connectivity index (χ0n) is 17.6. The van der Waals surface area contributed by atoms with E-state index >= 15 is 0 Å². The normalized spacial score (nSPS) is 18.2. The van der Waals surface area contributed by atoms with Gasteiger partial charge in [0.15, 0.2) is 5.96 Å². The molecule has 1 N–H and O–H groups in total. The summed E-state index contributed by atoms with van der Waals surface area (Å²) in [6, 6.07) is 19.0. The quantitative estimate of drug-likeness (QED) is 0.282. The molecule has 6 heteroatoms. The van der Waals surface area contributed by atoms with Crippen LogP contribution < -0.4 is 5.32 Å². The van der Waals surface area contributed by atoms with Gasteiger partial charge in [0.05, 0.1) is 0 Å². The zero-order valence-corrected chi connectivity index (χ0v) is 19.9. The minimum atomic E-state index is 0. The largest absolute Gasteiger partial charge is 0.356 e. The highest BCUT2D eigenvalue weighted by molar-refractivity contribution is 14.0. The van der Waals surface area contributed by atoms with E-state index in [4.69, 9.17) is 0 Å². The lowest BCUT2D eigenvalue weighted by atomic mass is 9.99. The van der Waals surface area contributed by atoms with Gasteiger partial charge >= 0.3 is 0 Å². The van der Waals surface area contributed by atoms with E-state index < -0.39 is 0 Å². The fourth-order valence-electron chi connectivity index (χ4n) is 4.39. The first kappa shape index (κ1) is 22.6. The third-order valence-electron chi connectivity index (χ3n) is 6.01. The fourth-order valence-corrected chi connectivity index (χ4v) is 4.39. The van der Waals surface area contributed by atoms with Crippen molar-refractivity contribution in [2.45, 2.75) is 38.3 Å². The van der Waals surface area contributed by atoms with Crippen molar-refractivity contribution < 1.29 is 4.79 Å². The van der Waals surface area contributed by atoms with E-state index in [1.165, 1.54) is 16.7 Å². The SMILES string of the molecule is CN=C(NCCCC(=O)N1Cc2ccccc2C1)N1CCC(c2ccccc2)C1.I. The summed E-state index contributed by atoms with van der Waals surface area (Å²) >= 11 is 0. The molecule has 2 aliphatic heterocycles. The molecule has 0 spiro atoms. The van der Waals surface area contributed by atoms with Gasteiger partial charge in [0.25, 0.3) is 0 Å². The molecule has 1 unspecified atom stereocenters. The van der Waals surface area contributed by atoms with Crippen LogP contribution in [-0.4, -0.2) is 48.3 Å². The van der Waals surface area contributed by atoms with Crippen molar-refractivity contribution in [3.8, 4) is 0 Å². The highest BCUT2D eigenvalue weighted by Gasteiger charge is 2.26. The van der Waals surface area contributed by atoms with E-state index in [0.717, 1.165) is 51.5 Å². The van der Waals surface area contributed by atoms with E-state index in [-0.39, 0.29) is 29.9 Å². The second-order valence-electron chi connectivity index (χ2n) is 7.94. The smallest absolute Gasteiger partial charge is 0.223 e. The van der Waals surface area contributed by atoms with Crippen LogP contribution in [0.2, 0.25) is 0 Å². The highest BCUT2D eigenvalue weighted by atomic mass is 127. The summed E-state index contributed by atoms with van der Waals surface area (Å²) in [6.45, 7) is 4.28. The molecule has 0 saturated carbocycles. The number of hydrogen-bond acceptors (Lipinski definition) is 2. The number of guanidine groups is 1. The van der Waals surface area contributed by atoms with E-state index in [9.17, 15) is 4.79 Å². The van der Waals surface area contributed by atoms with Crippen molar-refractivity contribution in [3.63, 3.8) is 0 Å². The molecule has 1 atom stereocenters. The summed E-state index contributed by atoms with van der Waals surface area (Å²) in [4.78, 5) is 21.3. The zero-order chi connectivity index (χ0) is 20.1. The predicted molar refractivity (Wildman–Crippen MR) is 132 cm³/mol. The molecule has 1 saturated heterocycles. The number of nitrogens with one attached hydrogen (secondary N) is 1. The topological polar surface area (TPSA) is 47.9 Å². The molecule has 4 rings (SSSR count). The summed E-state index contributed by atoms with van der Waals surface area (Å²) in [5.74, 6) is 1.75. The van der Waals surface area contributed by atoms with Gasteiger partial charge in [-0.25, -0.2) is 0 Å². The van der Waals surface area contributed by atoms with Crippen LogP contribution in [-0.2, 0) is 17.9 Å². The molecule has 5 nitrogen and oxygen atoms in total. The summed E-state index contributed by atoms with van der Waals surface area (Å²) in [6.07, 6.45) is 2.55. The molecule has 2 heterocycles. The second-order valence-corrected chi connectivity index (χ2v) is 7.94. The molecule has 30 heavy (non-hydrogen) atoms. The van der Waals surface area contributed by atoms with Crippen molar-refractivity contribution in [1.29, 1.82) is 0 Å². The highest BCUT2D eigenvalue weighted by Crippen LogP contribution is 2.27. The lowest BCUT2D eigenvalue weighted by Crippen LogP contribution is -2.40. The van der Waals surface area contributed by atoms with Gasteiger partial charge in [-0.15, -0.1) is 24.0 Å². The molecule has 0 aliphatic carbocycles. The third-order valence-corrected chi connectivity index (χ3v) is 6.01. The number of likely N-dealkylation sites (tertiary alicyclic amines) is 1. The Kier molecular flexibility index (Phi) is 8.13. The van der Waals surface area contributed by atoms with Crippen molar-refractivity contribution in [1.82, 2.24) is 15.1 Å². The Balaban J connectivity index is 0.00000256. The van der Waals surface area contributed by atoms with Gasteiger partial charge in [-0.2, -0.15) is 0 Å². The fraction of sp³-hybridized carbons (Fsp3) is 0.417. The maximum Gasteiger partial charge on any atom is 0.223 e. The van der Waals surface area contributed by atoms with Gasteiger partial charge in [0, 0.05) is 52.1 Å². The van der Waals surface area contributed by atoms with Gasteiger partial charge < -0.3 is 15.1 Å². The number of hydrogen-bond donors (Lipinski definition) is 1. The van der Waals surface area contributed by atoms with Crippen LogP contribution in [0, 0.1) is 0 Å². The minimum absolute atomic E-state index is 0. The Morgan fingerprint density at radius 1 is 1.03 bits per heavy atom. The van der Waals surface area contributed by atoms with Crippen molar-refractivity contribution >= 4 is 35.8 Å². The molecule has 2 aromatic rings.